The van der Waals surface area contributed by atoms with Gasteiger partial charge in [0, 0.05) is 0 Å². The number of methoxy groups -OCH3 is 1. The average Bonchev–Trinajstić information content (AvgIpc) is 2.36. The van der Waals surface area contributed by atoms with Crippen molar-refractivity contribution in [3.63, 3.8) is 0 Å². The first-order valence-corrected chi connectivity index (χ1v) is 5.12. The van der Waals surface area contributed by atoms with Crippen molar-refractivity contribution in [1.29, 1.82) is 0 Å². The van der Waals surface area contributed by atoms with Gasteiger partial charge in [0.15, 0.2) is 6.61 Å². The number of carbonyl (C=O) groups excluding carboxylic acids is 1. The minimum Gasteiger partial charge on any atom is -0.497 e. The Hall–Kier alpha value is -2.28. The number of benzene rings is 1. The van der Waals surface area contributed by atoms with Gasteiger partial charge in [-0.15, -0.1) is 0 Å². The molecule has 0 unspecified atom stereocenters. The van der Waals surface area contributed by atoms with E-state index in [2.05, 4.69) is 10.9 Å². The molecule has 0 saturated carbocycles. The van der Waals surface area contributed by atoms with Gasteiger partial charge in [-0.3, -0.25) is 15.0 Å². The zero-order valence-corrected chi connectivity index (χ0v) is 9.80. The maximum absolute atomic E-state index is 11.2. The number of hydrogen-bond acceptors (Lipinski definition) is 5. The topological polar surface area (TPSA) is 96.9 Å². The smallest absolute Gasteiger partial charge is 0.319 e. The molecular weight excluding hydrogens is 240 g/mol. The third kappa shape index (κ3) is 5.17. The van der Waals surface area contributed by atoms with Gasteiger partial charge in [0.1, 0.15) is 18.0 Å². The lowest BCUT2D eigenvalue weighted by Crippen LogP contribution is -2.42. The van der Waals surface area contributed by atoms with Crippen LogP contribution in [-0.2, 0) is 9.59 Å². The second-order valence-corrected chi connectivity index (χ2v) is 3.26. The molecule has 0 aliphatic rings. The molecule has 0 radical (unpaired) electrons. The van der Waals surface area contributed by atoms with Gasteiger partial charge in [0.05, 0.1) is 7.11 Å². The van der Waals surface area contributed by atoms with E-state index in [0.717, 1.165) is 0 Å². The van der Waals surface area contributed by atoms with Crippen molar-refractivity contribution in [2.24, 2.45) is 0 Å². The molecule has 0 aliphatic heterocycles. The summed E-state index contributed by atoms with van der Waals surface area (Å²) in [6.07, 6.45) is 0. The zero-order valence-electron chi connectivity index (χ0n) is 9.80. The number of rotatable bonds is 7. The van der Waals surface area contributed by atoms with E-state index in [4.69, 9.17) is 14.6 Å². The number of carbonyl (C=O) groups is 2. The molecule has 0 aromatic heterocycles. The SMILES string of the molecule is COc1ccc(OCC(=O)NNCC(=O)O)cc1. The quantitative estimate of drug-likeness (QED) is 0.582. The molecule has 1 amide bonds. The molecule has 0 atom stereocenters. The van der Waals surface area contributed by atoms with E-state index in [0.29, 0.717) is 11.5 Å². The highest BCUT2D eigenvalue weighted by atomic mass is 16.5. The number of hydrogen-bond donors (Lipinski definition) is 3. The predicted octanol–water partition coefficient (Wildman–Crippen LogP) is -0.221. The molecule has 1 aromatic carbocycles. The fourth-order valence-electron chi connectivity index (χ4n) is 1.08. The van der Waals surface area contributed by atoms with Gasteiger partial charge in [0.2, 0.25) is 0 Å². The van der Waals surface area contributed by atoms with Crippen molar-refractivity contribution in [1.82, 2.24) is 10.9 Å². The van der Waals surface area contributed by atoms with Crippen LogP contribution in [0.1, 0.15) is 0 Å². The van der Waals surface area contributed by atoms with Crippen LogP contribution >= 0.6 is 0 Å². The molecule has 1 rings (SSSR count). The molecule has 0 spiro atoms. The Morgan fingerprint density at radius 2 is 1.83 bits per heavy atom. The lowest BCUT2D eigenvalue weighted by molar-refractivity contribution is -0.136. The van der Waals surface area contributed by atoms with Crippen LogP contribution < -0.4 is 20.3 Å². The number of carboxylic acid groups (broad SMARTS) is 1. The van der Waals surface area contributed by atoms with E-state index in [-0.39, 0.29) is 13.2 Å². The normalized spacial score (nSPS) is 9.61. The lowest BCUT2D eigenvalue weighted by atomic mass is 10.3. The van der Waals surface area contributed by atoms with Gasteiger partial charge < -0.3 is 14.6 Å². The van der Waals surface area contributed by atoms with Crippen LogP contribution in [0.15, 0.2) is 24.3 Å². The minimum atomic E-state index is -1.06. The van der Waals surface area contributed by atoms with Crippen molar-refractivity contribution < 1.29 is 24.2 Å². The summed E-state index contributed by atoms with van der Waals surface area (Å²) in [4.78, 5) is 21.4. The summed E-state index contributed by atoms with van der Waals surface area (Å²) < 4.78 is 10.1. The van der Waals surface area contributed by atoms with E-state index in [1.54, 1.807) is 31.4 Å². The fraction of sp³-hybridized carbons (Fsp3) is 0.273. The molecule has 0 bridgehead atoms. The second-order valence-electron chi connectivity index (χ2n) is 3.26. The first-order valence-electron chi connectivity index (χ1n) is 5.12. The molecular formula is C11H14N2O5. The number of nitrogens with one attached hydrogen (secondary N) is 2. The Bertz CT molecular complexity index is 404. The van der Waals surface area contributed by atoms with Crippen LogP contribution in [-0.4, -0.2) is 37.2 Å². The van der Waals surface area contributed by atoms with Gasteiger partial charge in [0.25, 0.3) is 5.91 Å². The molecule has 18 heavy (non-hydrogen) atoms. The first-order chi connectivity index (χ1) is 8.61. The molecule has 98 valence electrons. The molecule has 1 aromatic rings. The van der Waals surface area contributed by atoms with E-state index >= 15 is 0 Å². The standard InChI is InChI=1S/C11H14N2O5/c1-17-8-2-4-9(5-3-8)18-7-10(14)13-12-6-11(15)16/h2-5,12H,6-7H2,1H3,(H,13,14)(H,15,16). The molecule has 3 N–H and O–H groups in total. The van der Waals surface area contributed by atoms with Crippen LogP contribution in [0.2, 0.25) is 0 Å². The Morgan fingerprint density at radius 1 is 1.22 bits per heavy atom. The monoisotopic (exact) mass is 254 g/mol. The fourth-order valence-corrected chi connectivity index (χ4v) is 1.08. The Morgan fingerprint density at radius 3 is 2.39 bits per heavy atom. The lowest BCUT2D eigenvalue weighted by Gasteiger charge is -2.07. The molecule has 0 aliphatic carbocycles. The number of ether oxygens (including phenoxy) is 2. The zero-order chi connectivity index (χ0) is 13.4. The third-order valence-corrected chi connectivity index (χ3v) is 1.90. The second kappa shape index (κ2) is 7.13. The van der Waals surface area contributed by atoms with Gasteiger partial charge in [-0.05, 0) is 24.3 Å². The number of amides is 1. The van der Waals surface area contributed by atoms with Crippen molar-refractivity contribution in [3.05, 3.63) is 24.3 Å². The first kappa shape index (κ1) is 13.8. The molecule has 0 fully saturated rings. The highest BCUT2D eigenvalue weighted by molar-refractivity contribution is 5.77. The summed E-state index contributed by atoms with van der Waals surface area (Å²) in [7, 11) is 1.55. The average molecular weight is 254 g/mol. The van der Waals surface area contributed by atoms with Gasteiger partial charge in [-0.1, -0.05) is 0 Å². The minimum absolute atomic E-state index is 0.209. The van der Waals surface area contributed by atoms with Crippen molar-refractivity contribution in [3.8, 4) is 11.5 Å². The van der Waals surface area contributed by atoms with Crippen molar-refractivity contribution in [2.45, 2.75) is 0 Å². The molecule has 0 heterocycles. The maximum atomic E-state index is 11.2. The predicted molar refractivity (Wildman–Crippen MR) is 62.3 cm³/mol. The summed E-state index contributed by atoms with van der Waals surface area (Å²) in [5.41, 5.74) is 4.43. The van der Waals surface area contributed by atoms with Gasteiger partial charge in [-0.2, -0.15) is 0 Å². The van der Waals surface area contributed by atoms with Gasteiger partial charge in [-0.25, -0.2) is 5.43 Å². The van der Waals surface area contributed by atoms with Crippen LogP contribution in [0.4, 0.5) is 0 Å². The number of carboxylic acids is 1. The number of aliphatic carboxylic acids is 1. The number of hydrazine groups is 1. The Balaban J connectivity index is 2.26. The van der Waals surface area contributed by atoms with Crippen LogP contribution in [0.5, 0.6) is 11.5 Å². The summed E-state index contributed by atoms with van der Waals surface area (Å²) in [6, 6.07) is 6.74. The van der Waals surface area contributed by atoms with Gasteiger partial charge >= 0.3 is 5.97 Å². The maximum Gasteiger partial charge on any atom is 0.319 e. The summed E-state index contributed by atoms with van der Waals surface area (Å²) >= 11 is 0. The summed E-state index contributed by atoms with van der Waals surface area (Å²) in [6.45, 7) is -0.562. The Labute approximate surface area is 104 Å². The largest absolute Gasteiger partial charge is 0.497 e. The highest BCUT2D eigenvalue weighted by Gasteiger charge is 2.03. The van der Waals surface area contributed by atoms with Crippen LogP contribution in [0.3, 0.4) is 0 Å². The van der Waals surface area contributed by atoms with Crippen LogP contribution in [0, 0.1) is 0 Å². The van der Waals surface area contributed by atoms with E-state index < -0.39 is 11.9 Å². The van der Waals surface area contributed by atoms with Crippen molar-refractivity contribution >= 4 is 11.9 Å². The van der Waals surface area contributed by atoms with E-state index in [1.807, 2.05) is 0 Å². The Kier molecular flexibility index (Phi) is 5.46. The summed E-state index contributed by atoms with van der Waals surface area (Å²) in [5.74, 6) is -0.322. The van der Waals surface area contributed by atoms with E-state index in [1.165, 1.54) is 0 Å². The van der Waals surface area contributed by atoms with E-state index in [9.17, 15) is 9.59 Å². The molecule has 7 heteroatoms. The third-order valence-electron chi connectivity index (χ3n) is 1.90. The molecule has 7 nitrogen and oxygen atoms in total. The van der Waals surface area contributed by atoms with Crippen molar-refractivity contribution in [2.75, 3.05) is 20.3 Å². The summed E-state index contributed by atoms with van der Waals surface area (Å²) in [5, 5.41) is 8.33. The van der Waals surface area contributed by atoms with Crippen LogP contribution in [0.25, 0.3) is 0 Å². The molecule has 0 saturated heterocycles. The highest BCUT2D eigenvalue weighted by Crippen LogP contribution is 2.16.